The first-order valence-electron chi connectivity index (χ1n) is 8.85. The van der Waals surface area contributed by atoms with Gasteiger partial charge in [-0.05, 0) is 29.5 Å². The maximum Gasteiger partial charge on any atom is 0.108 e. The Bertz CT molecular complexity index is 686. The molecule has 0 spiro atoms. The summed E-state index contributed by atoms with van der Waals surface area (Å²) < 4.78 is 0. The topological polar surface area (TPSA) is 23.5 Å². The van der Waals surface area contributed by atoms with Crippen LogP contribution < -0.4 is 0 Å². The van der Waals surface area contributed by atoms with E-state index in [-0.39, 0.29) is 0 Å². The van der Waals surface area contributed by atoms with Gasteiger partial charge in [-0.1, -0.05) is 91.0 Å². The van der Waals surface area contributed by atoms with Crippen LogP contribution in [0.15, 0.2) is 91.0 Å². The number of aryl methyl sites for hydroxylation is 1. The number of nitrogens with zero attached hydrogens (tertiary/aromatic N) is 1. The van der Waals surface area contributed by atoms with Gasteiger partial charge in [-0.3, -0.25) is 4.90 Å². The van der Waals surface area contributed by atoms with Gasteiger partial charge in [-0.15, -0.1) is 0 Å². The van der Waals surface area contributed by atoms with E-state index >= 15 is 0 Å². The predicted octanol–water partition coefficient (Wildman–Crippen LogP) is 4.64. The van der Waals surface area contributed by atoms with E-state index in [4.69, 9.17) is 0 Å². The zero-order chi connectivity index (χ0) is 17.3. The molecule has 0 radical (unpaired) electrons. The number of benzene rings is 3. The Morgan fingerprint density at radius 2 is 1.00 bits per heavy atom. The third kappa shape index (κ3) is 5.56. The Morgan fingerprint density at radius 3 is 1.44 bits per heavy atom. The van der Waals surface area contributed by atoms with Crippen LogP contribution in [0.2, 0.25) is 0 Å². The van der Waals surface area contributed by atoms with Crippen molar-refractivity contribution in [3.05, 3.63) is 108 Å². The Hall–Kier alpha value is -2.42. The molecule has 0 bridgehead atoms. The van der Waals surface area contributed by atoms with Crippen molar-refractivity contribution >= 4 is 0 Å². The molecule has 3 rings (SSSR count). The number of hydrogen-bond acceptors (Lipinski definition) is 2. The summed E-state index contributed by atoms with van der Waals surface area (Å²) in [6.07, 6.45) is 1.13. The van der Waals surface area contributed by atoms with Gasteiger partial charge in [-0.2, -0.15) is 0 Å². The molecule has 3 aromatic carbocycles. The minimum absolute atomic E-state index is 0.472. The second-order valence-electron chi connectivity index (χ2n) is 6.38. The molecule has 2 nitrogen and oxygen atoms in total. The first kappa shape index (κ1) is 17.4. The summed E-state index contributed by atoms with van der Waals surface area (Å²) in [5.41, 5.74) is 3.70. The summed E-state index contributed by atoms with van der Waals surface area (Å²) >= 11 is 0. The van der Waals surface area contributed by atoms with Crippen molar-refractivity contribution in [1.82, 2.24) is 4.90 Å². The molecule has 0 aliphatic heterocycles. The van der Waals surface area contributed by atoms with E-state index in [1.807, 2.05) is 54.6 Å². The monoisotopic (exact) mass is 331 g/mol. The molecule has 1 atom stereocenters. The van der Waals surface area contributed by atoms with Crippen molar-refractivity contribution in [3.8, 4) is 0 Å². The molecule has 0 saturated heterocycles. The normalized spacial score (nSPS) is 12.2. The number of aliphatic hydroxyl groups excluding tert-OH is 1. The Kier molecular flexibility index (Phi) is 6.38. The zero-order valence-electron chi connectivity index (χ0n) is 14.5. The van der Waals surface area contributed by atoms with Crippen molar-refractivity contribution in [2.45, 2.75) is 32.2 Å². The molecule has 0 aliphatic rings. The smallest absolute Gasteiger partial charge is 0.108 e. The SMILES string of the molecule is OC(CCc1ccccc1)N(Cc1ccccc1)Cc1ccccc1. The number of hydrogen-bond donors (Lipinski definition) is 1. The molecule has 0 heterocycles. The average Bonchev–Trinajstić information content (AvgIpc) is 2.68. The fraction of sp³-hybridized carbons (Fsp3) is 0.217. The van der Waals surface area contributed by atoms with Gasteiger partial charge in [0, 0.05) is 13.1 Å². The highest BCUT2D eigenvalue weighted by atomic mass is 16.3. The molecule has 25 heavy (non-hydrogen) atoms. The Labute approximate surface area is 150 Å². The van der Waals surface area contributed by atoms with Gasteiger partial charge in [0.15, 0.2) is 0 Å². The van der Waals surface area contributed by atoms with Crippen LogP contribution in [0.3, 0.4) is 0 Å². The minimum atomic E-state index is -0.472. The van der Waals surface area contributed by atoms with Gasteiger partial charge in [0.1, 0.15) is 6.23 Å². The maximum absolute atomic E-state index is 10.8. The van der Waals surface area contributed by atoms with Crippen LogP contribution in [0, 0.1) is 0 Å². The molecular formula is C23H25NO. The fourth-order valence-corrected chi connectivity index (χ4v) is 3.03. The van der Waals surface area contributed by atoms with Gasteiger partial charge in [0.05, 0.1) is 0 Å². The van der Waals surface area contributed by atoms with Crippen LogP contribution in [0.25, 0.3) is 0 Å². The summed E-state index contributed by atoms with van der Waals surface area (Å²) in [5, 5.41) is 10.8. The van der Waals surface area contributed by atoms with Gasteiger partial charge in [0.2, 0.25) is 0 Å². The van der Waals surface area contributed by atoms with E-state index in [2.05, 4.69) is 41.3 Å². The Morgan fingerprint density at radius 1 is 0.600 bits per heavy atom. The van der Waals surface area contributed by atoms with Crippen molar-refractivity contribution in [3.63, 3.8) is 0 Å². The summed E-state index contributed by atoms with van der Waals surface area (Å²) in [6, 6.07) is 31.0. The van der Waals surface area contributed by atoms with Crippen LogP contribution in [0.5, 0.6) is 0 Å². The van der Waals surface area contributed by atoms with Crippen LogP contribution in [0.1, 0.15) is 23.1 Å². The lowest BCUT2D eigenvalue weighted by molar-refractivity contribution is -0.0138. The highest BCUT2D eigenvalue weighted by Gasteiger charge is 2.16. The van der Waals surface area contributed by atoms with E-state index in [0.29, 0.717) is 0 Å². The molecule has 2 heteroatoms. The highest BCUT2D eigenvalue weighted by Crippen LogP contribution is 2.16. The molecule has 1 N–H and O–H groups in total. The Balaban J connectivity index is 1.68. The van der Waals surface area contributed by atoms with Crippen molar-refractivity contribution in [1.29, 1.82) is 0 Å². The van der Waals surface area contributed by atoms with Gasteiger partial charge < -0.3 is 5.11 Å². The molecule has 0 saturated carbocycles. The summed E-state index contributed by atoms with van der Waals surface area (Å²) in [6.45, 7) is 1.48. The van der Waals surface area contributed by atoms with E-state index in [1.165, 1.54) is 16.7 Å². The second-order valence-corrected chi connectivity index (χ2v) is 6.38. The standard InChI is InChI=1S/C23H25NO/c25-23(17-16-20-10-4-1-5-11-20)24(18-21-12-6-2-7-13-21)19-22-14-8-3-9-15-22/h1-15,23,25H,16-19H2. The van der Waals surface area contributed by atoms with Crippen molar-refractivity contribution in [2.75, 3.05) is 0 Å². The summed E-state index contributed by atoms with van der Waals surface area (Å²) in [5.74, 6) is 0. The second kappa shape index (κ2) is 9.16. The van der Waals surface area contributed by atoms with E-state index in [0.717, 1.165) is 25.9 Å². The summed E-state index contributed by atoms with van der Waals surface area (Å²) in [4.78, 5) is 2.15. The van der Waals surface area contributed by atoms with Gasteiger partial charge in [-0.25, -0.2) is 0 Å². The number of rotatable bonds is 8. The van der Waals surface area contributed by atoms with Crippen molar-refractivity contribution in [2.24, 2.45) is 0 Å². The molecule has 0 amide bonds. The van der Waals surface area contributed by atoms with Gasteiger partial charge in [0.25, 0.3) is 0 Å². The first-order chi connectivity index (χ1) is 12.3. The fourth-order valence-electron chi connectivity index (χ4n) is 3.03. The van der Waals surface area contributed by atoms with Crippen LogP contribution in [-0.4, -0.2) is 16.2 Å². The molecule has 0 aromatic heterocycles. The molecular weight excluding hydrogens is 306 g/mol. The lowest BCUT2D eigenvalue weighted by Gasteiger charge is -2.28. The quantitative estimate of drug-likeness (QED) is 0.608. The lowest BCUT2D eigenvalue weighted by Crippen LogP contribution is -2.34. The minimum Gasteiger partial charge on any atom is -0.378 e. The molecule has 0 fully saturated rings. The predicted molar refractivity (Wildman–Crippen MR) is 103 cm³/mol. The van der Waals surface area contributed by atoms with Crippen LogP contribution in [-0.2, 0) is 19.5 Å². The molecule has 128 valence electrons. The highest BCUT2D eigenvalue weighted by molar-refractivity contribution is 5.18. The number of aliphatic hydroxyl groups is 1. The first-order valence-corrected chi connectivity index (χ1v) is 8.85. The molecule has 3 aromatic rings. The molecule has 0 aliphatic carbocycles. The summed E-state index contributed by atoms with van der Waals surface area (Å²) in [7, 11) is 0. The maximum atomic E-state index is 10.8. The third-order valence-corrected chi connectivity index (χ3v) is 4.41. The largest absolute Gasteiger partial charge is 0.378 e. The van der Waals surface area contributed by atoms with Crippen molar-refractivity contribution < 1.29 is 5.11 Å². The van der Waals surface area contributed by atoms with E-state index in [9.17, 15) is 5.11 Å². The average molecular weight is 331 g/mol. The molecule has 1 unspecified atom stereocenters. The van der Waals surface area contributed by atoms with E-state index in [1.54, 1.807) is 0 Å². The van der Waals surface area contributed by atoms with Crippen LogP contribution >= 0.6 is 0 Å². The van der Waals surface area contributed by atoms with Gasteiger partial charge >= 0.3 is 0 Å². The van der Waals surface area contributed by atoms with E-state index < -0.39 is 6.23 Å². The third-order valence-electron chi connectivity index (χ3n) is 4.41. The van der Waals surface area contributed by atoms with Crippen LogP contribution in [0.4, 0.5) is 0 Å². The lowest BCUT2D eigenvalue weighted by atomic mass is 10.1. The zero-order valence-corrected chi connectivity index (χ0v) is 14.5.